The lowest BCUT2D eigenvalue weighted by molar-refractivity contribution is 0.452. The van der Waals surface area contributed by atoms with Crippen LogP contribution in [0.3, 0.4) is 0 Å². The minimum absolute atomic E-state index is 0.0275. The Hall–Kier alpha value is -2.42. The number of nitrogens with zero attached hydrogens (tertiary/aromatic N) is 1. The van der Waals surface area contributed by atoms with Crippen molar-refractivity contribution < 1.29 is 18.6 Å². The van der Waals surface area contributed by atoms with Crippen molar-refractivity contribution in [3.63, 3.8) is 0 Å². The van der Waals surface area contributed by atoms with Crippen molar-refractivity contribution in [2.24, 2.45) is 5.14 Å². The molecule has 118 valence electrons. The number of nitrogens with two attached hydrogens (primary N) is 1. The number of aromatic nitrogens is 1. The summed E-state index contributed by atoms with van der Waals surface area (Å²) in [4.78, 5) is 4.47. The van der Waals surface area contributed by atoms with Crippen LogP contribution in [0.4, 0.5) is 0 Å². The largest absolute Gasteiger partial charge is 0.508 e. The third-order valence-corrected chi connectivity index (χ3v) is 5.01. The van der Waals surface area contributed by atoms with Gasteiger partial charge in [-0.05, 0) is 24.3 Å². The molecule has 0 saturated heterocycles. The molecule has 1 heterocycles. The van der Waals surface area contributed by atoms with Crippen LogP contribution >= 0.6 is 11.3 Å². The van der Waals surface area contributed by atoms with Crippen LogP contribution in [0.15, 0.2) is 52.7 Å². The second kappa shape index (κ2) is 5.65. The molecule has 0 bridgehead atoms. The standard InChI is InChI=1S/C15H12N2O4S2/c16-23(20,21)11-4-1-9(2-5-11)15-17-13(8-22-15)12-6-3-10(18)7-14(12)19/h1-8,18-19H,(H2,16,20,21). The number of primary sulfonamides is 1. The molecule has 2 aromatic carbocycles. The summed E-state index contributed by atoms with van der Waals surface area (Å²) >= 11 is 1.36. The maximum atomic E-state index is 11.3. The third kappa shape index (κ3) is 3.19. The van der Waals surface area contributed by atoms with E-state index in [2.05, 4.69) is 4.98 Å². The van der Waals surface area contributed by atoms with Crippen molar-refractivity contribution in [2.45, 2.75) is 4.90 Å². The summed E-state index contributed by atoms with van der Waals surface area (Å²) in [6.07, 6.45) is 0. The number of rotatable bonds is 3. The quantitative estimate of drug-likeness (QED) is 0.673. The van der Waals surface area contributed by atoms with Gasteiger partial charge in [-0.25, -0.2) is 18.5 Å². The predicted molar refractivity (Wildman–Crippen MR) is 87.7 cm³/mol. The van der Waals surface area contributed by atoms with Gasteiger partial charge in [0, 0.05) is 22.6 Å². The molecule has 0 saturated carbocycles. The molecule has 1 aromatic heterocycles. The zero-order chi connectivity index (χ0) is 16.6. The van der Waals surface area contributed by atoms with E-state index in [1.54, 1.807) is 23.6 Å². The van der Waals surface area contributed by atoms with E-state index in [0.29, 0.717) is 16.3 Å². The number of thiazole rings is 1. The maximum absolute atomic E-state index is 11.3. The number of phenolic OH excluding ortho intramolecular Hbond substituents is 2. The Balaban J connectivity index is 1.96. The van der Waals surface area contributed by atoms with Crippen LogP contribution in [0, 0.1) is 0 Å². The molecule has 0 spiro atoms. The Morgan fingerprint density at radius 2 is 1.74 bits per heavy atom. The molecule has 0 aliphatic rings. The van der Waals surface area contributed by atoms with Gasteiger partial charge < -0.3 is 10.2 Å². The molecule has 6 nitrogen and oxygen atoms in total. The lowest BCUT2D eigenvalue weighted by Gasteiger charge is -2.02. The van der Waals surface area contributed by atoms with Crippen molar-refractivity contribution >= 4 is 21.4 Å². The van der Waals surface area contributed by atoms with Gasteiger partial charge in [0.05, 0.1) is 10.6 Å². The second-order valence-electron chi connectivity index (χ2n) is 4.81. The van der Waals surface area contributed by atoms with Gasteiger partial charge in [0.1, 0.15) is 16.5 Å². The van der Waals surface area contributed by atoms with Gasteiger partial charge in [-0.15, -0.1) is 11.3 Å². The molecular formula is C15H12N2O4S2. The van der Waals surface area contributed by atoms with E-state index in [0.717, 1.165) is 5.56 Å². The molecule has 0 aliphatic carbocycles. The zero-order valence-electron chi connectivity index (χ0n) is 11.7. The SMILES string of the molecule is NS(=O)(=O)c1ccc(-c2nc(-c3ccc(O)cc3O)cs2)cc1. The average Bonchev–Trinajstić information content (AvgIpc) is 2.96. The average molecular weight is 348 g/mol. The highest BCUT2D eigenvalue weighted by atomic mass is 32.2. The molecule has 3 aromatic rings. The van der Waals surface area contributed by atoms with Crippen LogP contribution in [0.25, 0.3) is 21.8 Å². The van der Waals surface area contributed by atoms with Crippen molar-refractivity contribution in [2.75, 3.05) is 0 Å². The molecule has 0 aliphatic heterocycles. The van der Waals surface area contributed by atoms with E-state index in [-0.39, 0.29) is 16.4 Å². The molecular weight excluding hydrogens is 336 g/mol. The van der Waals surface area contributed by atoms with Crippen molar-refractivity contribution in [3.05, 3.63) is 47.8 Å². The topological polar surface area (TPSA) is 114 Å². The fourth-order valence-corrected chi connectivity index (χ4v) is 3.40. The fourth-order valence-electron chi connectivity index (χ4n) is 2.05. The highest BCUT2D eigenvalue weighted by Crippen LogP contribution is 2.35. The van der Waals surface area contributed by atoms with Crippen LogP contribution < -0.4 is 5.14 Å². The van der Waals surface area contributed by atoms with E-state index < -0.39 is 10.0 Å². The number of benzene rings is 2. The molecule has 0 amide bonds. The molecule has 0 radical (unpaired) electrons. The number of phenols is 2. The molecule has 4 N–H and O–H groups in total. The van der Waals surface area contributed by atoms with Gasteiger partial charge in [-0.1, -0.05) is 12.1 Å². The lowest BCUT2D eigenvalue weighted by Crippen LogP contribution is -2.11. The smallest absolute Gasteiger partial charge is 0.238 e. The predicted octanol–water partition coefficient (Wildman–Crippen LogP) is 2.54. The van der Waals surface area contributed by atoms with Crippen LogP contribution in [-0.4, -0.2) is 23.6 Å². The Morgan fingerprint density at radius 1 is 1.04 bits per heavy atom. The summed E-state index contributed by atoms with van der Waals surface area (Å²) in [6, 6.07) is 10.4. The Labute approximate surface area is 136 Å². The number of hydrogen-bond donors (Lipinski definition) is 3. The molecule has 3 rings (SSSR count). The summed E-state index contributed by atoms with van der Waals surface area (Å²) in [5.74, 6) is -0.0910. The number of sulfonamides is 1. The van der Waals surface area contributed by atoms with Crippen LogP contribution in [0.1, 0.15) is 0 Å². The first kappa shape index (κ1) is 15.5. The minimum Gasteiger partial charge on any atom is -0.508 e. The van der Waals surface area contributed by atoms with E-state index in [1.807, 2.05) is 0 Å². The molecule has 23 heavy (non-hydrogen) atoms. The Kier molecular flexibility index (Phi) is 3.80. The van der Waals surface area contributed by atoms with Gasteiger partial charge in [0.25, 0.3) is 0 Å². The monoisotopic (exact) mass is 348 g/mol. The van der Waals surface area contributed by atoms with Crippen LogP contribution in [-0.2, 0) is 10.0 Å². The summed E-state index contributed by atoms with van der Waals surface area (Å²) in [5, 5.41) is 26.7. The first-order valence-corrected chi connectivity index (χ1v) is 8.88. The highest BCUT2D eigenvalue weighted by molar-refractivity contribution is 7.89. The van der Waals surface area contributed by atoms with E-state index in [4.69, 9.17) is 5.14 Å². The molecule has 0 unspecified atom stereocenters. The number of hydrogen-bond acceptors (Lipinski definition) is 6. The van der Waals surface area contributed by atoms with Gasteiger partial charge in [0.2, 0.25) is 10.0 Å². The summed E-state index contributed by atoms with van der Waals surface area (Å²) < 4.78 is 22.5. The molecule has 8 heteroatoms. The summed E-state index contributed by atoms with van der Waals surface area (Å²) in [5.41, 5.74) is 1.82. The number of aromatic hydroxyl groups is 2. The molecule has 0 fully saturated rings. The Bertz CT molecular complexity index is 963. The van der Waals surface area contributed by atoms with Crippen molar-refractivity contribution in [1.29, 1.82) is 0 Å². The van der Waals surface area contributed by atoms with E-state index in [9.17, 15) is 18.6 Å². The normalized spacial score (nSPS) is 11.5. The van der Waals surface area contributed by atoms with Crippen molar-refractivity contribution in [3.8, 4) is 33.3 Å². The van der Waals surface area contributed by atoms with Gasteiger partial charge in [-0.2, -0.15) is 0 Å². The van der Waals surface area contributed by atoms with E-state index >= 15 is 0 Å². The summed E-state index contributed by atoms with van der Waals surface area (Å²) in [6.45, 7) is 0. The van der Waals surface area contributed by atoms with Gasteiger partial charge in [-0.3, -0.25) is 0 Å². The fraction of sp³-hybridized carbons (Fsp3) is 0. The second-order valence-corrected chi connectivity index (χ2v) is 7.23. The van der Waals surface area contributed by atoms with Crippen LogP contribution in [0.5, 0.6) is 11.5 Å². The maximum Gasteiger partial charge on any atom is 0.238 e. The minimum atomic E-state index is -3.72. The lowest BCUT2D eigenvalue weighted by atomic mass is 10.1. The van der Waals surface area contributed by atoms with Gasteiger partial charge in [0.15, 0.2) is 0 Å². The third-order valence-electron chi connectivity index (χ3n) is 3.19. The first-order chi connectivity index (χ1) is 10.8. The van der Waals surface area contributed by atoms with E-state index in [1.165, 1.54) is 35.6 Å². The van der Waals surface area contributed by atoms with Gasteiger partial charge >= 0.3 is 0 Å². The summed E-state index contributed by atoms with van der Waals surface area (Å²) in [7, 11) is -3.72. The van der Waals surface area contributed by atoms with Crippen LogP contribution in [0.2, 0.25) is 0 Å². The highest BCUT2D eigenvalue weighted by Gasteiger charge is 2.12. The zero-order valence-corrected chi connectivity index (χ0v) is 13.3. The van der Waals surface area contributed by atoms with Crippen molar-refractivity contribution in [1.82, 2.24) is 4.98 Å². The Morgan fingerprint density at radius 3 is 2.35 bits per heavy atom. The molecule has 0 atom stereocenters. The first-order valence-electron chi connectivity index (χ1n) is 6.46.